The highest BCUT2D eigenvalue weighted by Crippen LogP contribution is 2.15. The highest BCUT2D eigenvalue weighted by molar-refractivity contribution is 5.92. The van der Waals surface area contributed by atoms with Crippen molar-refractivity contribution in [3.8, 4) is 0 Å². The Hall–Kier alpha value is -2.16. The second-order valence-corrected chi connectivity index (χ2v) is 4.79. The van der Waals surface area contributed by atoms with Gasteiger partial charge < -0.3 is 5.32 Å². The third-order valence-electron chi connectivity index (χ3n) is 3.26. The topological polar surface area (TPSA) is 42.0 Å². The van der Waals surface area contributed by atoms with Crippen LogP contribution in [0.2, 0.25) is 0 Å². The molecule has 1 N–H and O–H groups in total. The number of hydrogen-bond donors (Lipinski definition) is 1. The Bertz CT molecular complexity index is 626. The molecule has 1 aromatic carbocycles. The van der Waals surface area contributed by atoms with Crippen LogP contribution in [0.1, 0.15) is 25.8 Å². The summed E-state index contributed by atoms with van der Waals surface area (Å²) in [5.41, 5.74) is 2.97. The van der Waals surface area contributed by atoms with E-state index in [9.17, 15) is 4.79 Å². The number of para-hydroxylation sites is 1. The van der Waals surface area contributed by atoms with Crippen LogP contribution >= 0.6 is 0 Å². The van der Waals surface area contributed by atoms with Crippen LogP contribution in [0.5, 0.6) is 0 Å². The van der Waals surface area contributed by atoms with Crippen LogP contribution in [0.3, 0.4) is 0 Å². The van der Waals surface area contributed by atoms with Crippen molar-refractivity contribution in [3.63, 3.8) is 0 Å². The number of amides is 1. The molecule has 3 nitrogen and oxygen atoms in total. The van der Waals surface area contributed by atoms with Crippen molar-refractivity contribution in [2.24, 2.45) is 0 Å². The summed E-state index contributed by atoms with van der Waals surface area (Å²) in [7, 11) is 0. The van der Waals surface area contributed by atoms with E-state index in [4.69, 9.17) is 0 Å². The summed E-state index contributed by atoms with van der Waals surface area (Å²) >= 11 is 0. The van der Waals surface area contributed by atoms with E-state index < -0.39 is 0 Å². The van der Waals surface area contributed by atoms with Crippen molar-refractivity contribution in [2.75, 3.05) is 6.54 Å². The van der Waals surface area contributed by atoms with Gasteiger partial charge in [-0.05, 0) is 31.4 Å². The lowest BCUT2D eigenvalue weighted by Crippen LogP contribution is -2.26. The zero-order valence-electron chi connectivity index (χ0n) is 12.0. The molecular weight excluding hydrogens is 248 g/mol. The van der Waals surface area contributed by atoms with Gasteiger partial charge in [0.2, 0.25) is 5.91 Å². The van der Waals surface area contributed by atoms with Crippen molar-refractivity contribution in [2.45, 2.75) is 26.7 Å². The lowest BCUT2D eigenvalue weighted by molar-refractivity contribution is -0.117. The Labute approximate surface area is 119 Å². The smallest absolute Gasteiger partial charge is 0.246 e. The maximum Gasteiger partial charge on any atom is 0.246 e. The molecule has 2 aromatic rings. The van der Waals surface area contributed by atoms with Gasteiger partial charge in [-0.1, -0.05) is 37.3 Å². The highest BCUT2D eigenvalue weighted by Gasteiger charge is 2.04. The number of nitrogens with zero attached hydrogens (tertiary/aromatic N) is 1. The average molecular weight is 268 g/mol. The van der Waals surface area contributed by atoms with E-state index in [0.717, 1.165) is 29.3 Å². The van der Waals surface area contributed by atoms with E-state index in [2.05, 4.69) is 28.5 Å². The van der Waals surface area contributed by atoms with Gasteiger partial charge in [-0.25, -0.2) is 0 Å². The molecule has 20 heavy (non-hydrogen) atoms. The van der Waals surface area contributed by atoms with Gasteiger partial charge in [-0.15, -0.1) is 0 Å². The lowest BCUT2D eigenvalue weighted by atomic mass is 10.1. The molecule has 0 spiro atoms. The summed E-state index contributed by atoms with van der Waals surface area (Å²) in [4.78, 5) is 16.2. The van der Waals surface area contributed by atoms with E-state index in [0.29, 0.717) is 6.54 Å². The summed E-state index contributed by atoms with van der Waals surface area (Å²) in [6.45, 7) is 4.50. The Morgan fingerprint density at radius 3 is 2.90 bits per heavy atom. The minimum atomic E-state index is 0.0139. The molecule has 0 unspecified atom stereocenters. The van der Waals surface area contributed by atoms with Crippen LogP contribution in [-0.2, 0) is 11.2 Å². The van der Waals surface area contributed by atoms with Crippen LogP contribution in [0.25, 0.3) is 10.9 Å². The monoisotopic (exact) mass is 268 g/mol. The van der Waals surface area contributed by atoms with Crippen molar-refractivity contribution in [3.05, 3.63) is 53.7 Å². The molecule has 0 aliphatic carbocycles. The first-order valence-electron chi connectivity index (χ1n) is 7.00. The Morgan fingerprint density at radius 1 is 1.30 bits per heavy atom. The molecule has 0 atom stereocenters. The molecule has 0 saturated carbocycles. The SMILES string of the molecule is CCC=C(C)C(=O)NCCc1cccc2cccnc12. The summed E-state index contributed by atoms with van der Waals surface area (Å²) in [6, 6.07) is 10.1. The second-order valence-electron chi connectivity index (χ2n) is 4.79. The van der Waals surface area contributed by atoms with Gasteiger partial charge in [0.25, 0.3) is 0 Å². The fourth-order valence-corrected chi connectivity index (χ4v) is 2.22. The number of fused-ring (bicyclic) bond motifs is 1. The van der Waals surface area contributed by atoms with Gasteiger partial charge in [-0.2, -0.15) is 0 Å². The maximum absolute atomic E-state index is 11.8. The second kappa shape index (κ2) is 6.85. The number of carbonyl (C=O) groups is 1. The van der Waals surface area contributed by atoms with E-state index >= 15 is 0 Å². The first-order chi connectivity index (χ1) is 9.72. The van der Waals surface area contributed by atoms with Crippen LogP contribution in [0, 0.1) is 0 Å². The summed E-state index contributed by atoms with van der Waals surface area (Å²) in [6.07, 6.45) is 5.42. The van der Waals surface area contributed by atoms with Crippen molar-refractivity contribution in [1.82, 2.24) is 10.3 Å². The van der Waals surface area contributed by atoms with Crippen LogP contribution in [-0.4, -0.2) is 17.4 Å². The molecule has 0 saturated heterocycles. The highest BCUT2D eigenvalue weighted by atomic mass is 16.1. The average Bonchev–Trinajstić information content (AvgIpc) is 2.47. The fourth-order valence-electron chi connectivity index (χ4n) is 2.22. The first kappa shape index (κ1) is 14.3. The summed E-state index contributed by atoms with van der Waals surface area (Å²) in [5.74, 6) is 0.0139. The zero-order chi connectivity index (χ0) is 14.4. The molecule has 0 fully saturated rings. The number of carbonyl (C=O) groups excluding carboxylic acids is 1. The quantitative estimate of drug-likeness (QED) is 0.846. The standard InChI is InChI=1S/C17H20N2O/c1-3-6-13(2)17(20)19-12-10-15-8-4-7-14-9-5-11-18-16(14)15/h4-9,11H,3,10,12H2,1-2H3,(H,19,20). The molecule has 2 rings (SSSR count). The van der Waals surface area contributed by atoms with Gasteiger partial charge in [-0.3, -0.25) is 9.78 Å². The summed E-state index contributed by atoms with van der Waals surface area (Å²) < 4.78 is 0. The molecule has 3 heteroatoms. The number of rotatable bonds is 5. The molecule has 0 aliphatic heterocycles. The van der Waals surface area contributed by atoms with E-state index in [1.54, 1.807) is 6.20 Å². The lowest BCUT2D eigenvalue weighted by Gasteiger charge is -2.07. The van der Waals surface area contributed by atoms with Gasteiger partial charge >= 0.3 is 0 Å². The molecule has 1 heterocycles. The Balaban J connectivity index is 2.00. The number of allylic oxidation sites excluding steroid dienone is 1. The normalized spacial score (nSPS) is 11.6. The summed E-state index contributed by atoms with van der Waals surface area (Å²) in [5, 5.41) is 4.08. The predicted molar refractivity (Wildman–Crippen MR) is 82.5 cm³/mol. The van der Waals surface area contributed by atoms with Crippen LogP contribution < -0.4 is 5.32 Å². The molecule has 1 aromatic heterocycles. The van der Waals surface area contributed by atoms with Crippen molar-refractivity contribution in [1.29, 1.82) is 0 Å². The van der Waals surface area contributed by atoms with E-state index in [1.807, 2.05) is 32.1 Å². The largest absolute Gasteiger partial charge is 0.352 e. The molecule has 0 bridgehead atoms. The molecule has 0 radical (unpaired) electrons. The third kappa shape index (κ3) is 3.44. The number of hydrogen-bond acceptors (Lipinski definition) is 2. The van der Waals surface area contributed by atoms with Gasteiger partial charge in [0.05, 0.1) is 5.52 Å². The number of benzene rings is 1. The Kier molecular flexibility index (Phi) is 4.88. The van der Waals surface area contributed by atoms with Crippen LogP contribution in [0.15, 0.2) is 48.2 Å². The van der Waals surface area contributed by atoms with E-state index in [-0.39, 0.29) is 5.91 Å². The number of pyridine rings is 1. The van der Waals surface area contributed by atoms with Gasteiger partial charge in [0.15, 0.2) is 0 Å². The third-order valence-corrected chi connectivity index (χ3v) is 3.26. The molecule has 104 valence electrons. The predicted octanol–water partition coefficient (Wildman–Crippen LogP) is 3.25. The van der Waals surface area contributed by atoms with Gasteiger partial charge in [0.1, 0.15) is 0 Å². The minimum Gasteiger partial charge on any atom is -0.352 e. The molecular formula is C17H20N2O. The zero-order valence-corrected chi connectivity index (χ0v) is 12.0. The van der Waals surface area contributed by atoms with Crippen molar-refractivity contribution < 1.29 is 4.79 Å². The van der Waals surface area contributed by atoms with E-state index in [1.165, 1.54) is 5.56 Å². The van der Waals surface area contributed by atoms with Crippen LogP contribution in [0.4, 0.5) is 0 Å². The Morgan fingerprint density at radius 2 is 2.10 bits per heavy atom. The maximum atomic E-state index is 11.8. The minimum absolute atomic E-state index is 0.0139. The fraction of sp³-hybridized carbons (Fsp3) is 0.294. The first-order valence-corrected chi connectivity index (χ1v) is 7.00. The van der Waals surface area contributed by atoms with Gasteiger partial charge in [0, 0.05) is 23.7 Å². The molecule has 0 aliphatic rings. The molecule has 1 amide bonds. The number of aromatic nitrogens is 1. The number of nitrogens with one attached hydrogen (secondary N) is 1. The van der Waals surface area contributed by atoms with Crippen molar-refractivity contribution >= 4 is 16.8 Å².